The molecule has 0 unspecified atom stereocenters. The number of hydrogen-bond acceptors (Lipinski definition) is 3. The van der Waals surface area contributed by atoms with E-state index in [9.17, 15) is 12.8 Å². The second-order valence-corrected chi connectivity index (χ2v) is 8.85. The lowest BCUT2D eigenvalue weighted by Gasteiger charge is -2.45. The summed E-state index contributed by atoms with van der Waals surface area (Å²) in [5.74, 6) is -0.475. The molecule has 2 aliphatic rings. The smallest absolute Gasteiger partial charge is 0.243 e. The number of sulfonamides is 1. The minimum atomic E-state index is -3.66. The first-order valence-corrected chi connectivity index (χ1v) is 9.95. The molecule has 0 N–H and O–H groups in total. The highest BCUT2D eigenvalue weighted by atomic mass is 32.2. The summed E-state index contributed by atoms with van der Waals surface area (Å²) in [7, 11) is -3.66. The molecule has 2 saturated heterocycles. The van der Waals surface area contributed by atoms with E-state index in [-0.39, 0.29) is 10.4 Å². The Morgan fingerprint density at radius 3 is 2.67 bits per heavy atom. The van der Waals surface area contributed by atoms with Crippen molar-refractivity contribution in [2.45, 2.75) is 43.0 Å². The van der Waals surface area contributed by atoms with Crippen molar-refractivity contribution in [2.24, 2.45) is 0 Å². The van der Waals surface area contributed by atoms with Gasteiger partial charge in [-0.3, -0.25) is 4.90 Å². The van der Waals surface area contributed by atoms with E-state index in [1.807, 2.05) is 6.08 Å². The van der Waals surface area contributed by atoms with Crippen molar-refractivity contribution < 1.29 is 12.8 Å². The quantitative estimate of drug-likeness (QED) is 0.783. The summed E-state index contributed by atoms with van der Waals surface area (Å²) in [6.07, 6.45) is 5.82. The van der Waals surface area contributed by atoms with E-state index in [2.05, 4.69) is 11.5 Å². The number of rotatable bonds is 4. The maximum absolute atomic E-state index is 13.8. The maximum atomic E-state index is 13.8. The van der Waals surface area contributed by atoms with Crippen molar-refractivity contribution in [1.29, 1.82) is 0 Å². The molecule has 0 saturated carbocycles. The molecular weight excluding hydrogens is 327 g/mol. The standard InChI is InChI=1S/C18H25FN2O2S/c1-3-10-20-11-4-8-18(20)9-5-12-21(14-18)24(22,23)16-7-6-15(2)17(19)13-16/h3,6-7,13H,1,4-5,8-12,14H2,2H3/t18-/m1/s1. The van der Waals surface area contributed by atoms with Gasteiger partial charge in [-0.1, -0.05) is 12.1 Å². The zero-order chi connectivity index (χ0) is 17.4. The summed E-state index contributed by atoms with van der Waals surface area (Å²) in [6.45, 7) is 8.21. The molecule has 1 atom stereocenters. The second-order valence-electron chi connectivity index (χ2n) is 6.92. The molecule has 3 rings (SSSR count). The highest BCUT2D eigenvalue weighted by Gasteiger charge is 2.46. The fourth-order valence-electron chi connectivity index (χ4n) is 4.06. The first-order chi connectivity index (χ1) is 11.4. The van der Waals surface area contributed by atoms with Gasteiger partial charge < -0.3 is 0 Å². The van der Waals surface area contributed by atoms with Crippen LogP contribution >= 0.6 is 0 Å². The Balaban J connectivity index is 1.88. The van der Waals surface area contributed by atoms with Crippen molar-refractivity contribution in [2.75, 3.05) is 26.2 Å². The van der Waals surface area contributed by atoms with Gasteiger partial charge in [-0.2, -0.15) is 4.31 Å². The van der Waals surface area contributed by atoms with Crippen LogP contribution in [0.3, 0.4) is 0 Å². The summed E-state index contributed by atoms with van der Waals surface area (Å²) in [6, 6.07) is 4.18. The van der Waals surface area contributed by atoms with Gasteiger partial charge in [-0.05, 0) is 56.8 Å². The van der Waals surface area contributed by atoms with E-state index >= 15 is 0 Å². The van der Waals surface area contributed by atoms with Gasteiger partial charge in [-0.15, -0.1) is 6.58 Å². The summed E-state index contributed by atoms with van der Waals surface area (Å²) >= 11 is 0. The summed E-state index contributed by atoms with van der Waals surface area (Å²) in [5, 5.41) is 0. The van der Waals surface area contributed by atoms with Gasteiger partial charge in [0.05, 0.1) is 4.90 Å². The molecule has 2 fully saturated rings. The molecule has 1 spiro atoms. The highest BCUT2D eigenvalue weighted by Crippen LogP contribution is 2.38. The fourth-order valence-corrected chi connectivity index (χ4v) is 5.63. The molecule has 4 nitrogen and oxygen atoms in total. The van der Waals surface area contributed by atoms with Crippen LogP contribution in [0.4, 0.5) is 4.39 Å². The van der Waals surface area contributed by atoms with Crippen LogP contribution < -0.4 is 0 Å². The van der Waals surface area contributed by atoms with E-state index in [1.54, 1.807) is 11.2 Å². The zero-order valence-electron chi connectivity index (χ0n) is 14.2. The number of halogens is 1. The van der Waals surface area contributed by atoms with Crippen molar-refractivity contribution in [3.63, 3.8) is 0 Å². The molecule has 24 heavy (non-hydrogen) atoms. The van der Waals surface area contributed by atoms with Crippen molar-refractivity contribution in [3.8, 4) is 0 Å². The SMILES string of the molecule is C=CCN1CCC[C@]12CCCN(S(=O)(=O)c1ccc(C)c(F)c1)C2. The Bertz CT molecular complexity index is 735. The van der Waals surface area contributed by atoms with Crippen LogP contribution in [0.15, 0.2) is 35.7 Å². The van der Waals surface area contributed by atoms with Crippen LogP contribution in [0.5, 0.6) is 0 Å². The molecule has 0 radical (unpaired) electrons. The lowest BCUT2D eigenvalue weighted by molar-refractivity contribution is 0.0841. The molecule has 2 heterocycles. The van der Waals surface area contributed by atoms with E-state index in [4.69, 9.17) is 0 Å². The van der Waals surface area contributed by atoms with Gasteiger partial charge in [0, 0.05) is 25.2 Å². The molecule has 0 amide bonds. The molecule has 132 valence electrons. The summed E-state index contributed by atoms with van der Waals surface area (Å²) in [4.78, 5) is 2.41. The number of likely N-dealkylation sites (tertiary alicyclic amines) is 1. The average molecular weight is 352 g/mol. The molecule has 1 aromatic carbocycles. The van der Waals surface area contributed by atoms with Crippen LogP contribution in [0.1, 0.15) is 31.2 Å². The van der Waals surface area contributed by atoms with Gasteiger partial charge in [-0.25, -0.2) is 12.8 Å². The Morgan fingerprint density at radius 1 is 1.29 bits per heavy atom. The number of benzene rings is 1. The summed E-state index contributed by atoms with van der Waals surface area (Å²) in [5.41, 5.74) is 0.361. The molecule has 1 aromatic rings. The first kappa shape index (κ1) is 17.6. The predicted octanol–water partition coefficient (Wildman–Crippen LogP) is 2.94. The molecule has 6 heteroatoms. The third-order valence-corrected chi connectivity index (χ3v) is 7.23. The normalized spacial score (nSPS) is 26.1. The molecule has 0 aromatic heterocycles. The van der Waals surface area contributed by atoms with E-state index in [0.717, 1.165) is 44.8 Å². The number of nitrogens with zero attached hydrogens (tertiary/aromatic N) is 2. The second kappa shape index (κ2) is 6.58. The van der Waals surface area contributed by atoms with Crippen molar-refractivity contribution >= 4 is 10.0 Å². The van der Waals surface area contributed by atoms with Gasteiger partial charge >= 0.3 is 0 Å². The van der Waals surface area contributed by atoms with E-state index in [0.29, 0.717) is 18.7 Å². The van der Waals surface area contributed by atoms with E-state index in [1.165, 1.54) is 12.1 Å². The highest BCUT2D eigenvalue weighted by molar-refractivity contribution is 7.89. The van der Waals surface area contributed by atoms with Gasteiger partial charge in [0.25, 0.3) is 0 Å². The third kappa shape index (κ3) is 3.03. The number of aryl methyl sites for hydroxylation is 1. The molecular formula is C18H25FN2O2S. The minimum absolute atomic E-state index is 0.0518. The maximum Gasteiger partial charge on any atom is 0.243 e. The van der Waals surface area contributed by atoms with Crippen molar-refractivity contribution in [1.82, 2.24) is 9.21 Å². The summed E-state index contributed by atoms with van der Waals surface area (Å²) < 4.78 is 41.3. The lowest BCUT2D eigenvalue weighted by atomic mass is 9.87. The Morgan fingerprint density at radius 2 is 2.00 bits per heavy atom. The number of hydrogen-bond donors (Lipinski definition) is 0. The van der Waals surface area contributed by atoms with Crippen LogP contribution in [-0.4, -0.2) is 49.3 Å². The monoisotopic (exact) mass is 352 g/mol. The van der Waals surface area contributed by atoms with Crippen LogP contribution in [0, 0.1) is 12.7 Å². The Hall–Kier alpha value is -1.24. The third-order valence-electron chi connectivity index (χ3n) is 5.39. The van der Waals surface area contributed by atoms with Crippen LogP contribution in [-0.2, 0) is 10.0 Å². The molecule has 2 aliphatic heterocycles. The minimum Gasteiger partial charge on any atom is -0.293 e. The Labute approximate surface area is 144 Å². The van der Waals surface area contributed by atoms with E-state index < -0.39 is 15.8 Å². The Kier molecular flexibility index (Phi) is 4.82. The lowest BCUT2D eigenvalue weighted by Crippen LogP contribution is -2.56. The van der Waals surface area contributed by atoms with Gasteiger partial charge in [0.1, 0.15) is 5.82 Å². The average Bonchev–Trinajstić information content (AvgIpc) is 2.92. The fraction of sp³-hybridized carbons (Fsp3) is 0.556. The van der Waals surface area contributed by atoms with Gasteiger partial charge in [0.15, 0.2) is 0 Å². The predicted molar refractivity (Wildman–Crippen MR) is 92.9 cm³/mol. The molecule has 0 aliphatic carbocycles. The largest absolute Gasteiger partial charge is 0.293 e. The number of piperidine rings is 1. The first-order valence-electron chi connectivity index (χ1n) is 8.51. The van der Waals surface area contributed by atoms with Crippen LogP contribution in [0.2, 0.25) is 0 Å². The zero-order valence-corrected chi connectivity index (χ0v) is 15.0. The topological polar surface area (TPSA) is 40.6 Å². The van der Waals surface area contributed by atoms with Crippen molar-refractivity contribution in [3.05, 3.63) is 42.2 Å². The molecule has 0 bridgehead atoms. The van der Waals surface area contributed by atoms with Crippen LogP contribution in [0.25, 0.3) is 0 Å². The van der Waals surface area contributed by atoms with Gasteiger partial charge in [0.2, 0.25) is 10.0 Å².